The van der Waals surface area contributed by atoms with Gasteiger partial charge < -0.3 is 9.64 Å². The minimum Gasteiger partial charge on any atom is -0.465 e. The molecule has 0 radical (unpaired) electrons. The van der Waals surface area contributed by atoms with Gasteiger partial charge in [0.25, 0.3) is 5.91 Å². The Kier molecular flexibility index (Phi) is 6.54. The topological polar surface area (TPSA) is 76.0 Å². The van der Waals surface area contributed by atoms with Gasteiger partial charge in [0.2, 0.25) is 5.91 Å². The van der Waals surface area contributed by atoms with Gasteiger partial charge in [0.05, 0.1) is 12.4 Å². The van der Waals surface area contributed by atoms with Crippen molar-refractivity contribution in [2.24, 2.45) is 4.99 Å². The molecular formula is C18H19FN2O4S2. The molecule has 1 aliphatic heterocycles. The van der Waals surface area contributed by atoms with E-state index in [0.29, 0.717) is 9.94 Å². The Morgan fingerprint density at radius 1 is 1.37 bits per heavy atom. The maximum Gasteiger partial charge on any atom is 0.329 e. The van der Waals surface area contributed by atoms with Crippen LogP contribution >= 0.6 is 23.5 Å². The van der Waals surface area contributed by atoms with Gasteiger partial charge in [0.1, 0.15) is 10.2 Å². The monoisotopic (exact) mass is 410 g/mol. The first-order valence-electron chi connectivity index (χ1n) is 8.61. The van der Waals surface area contributed by atoms with Crippen LogP contribution in [0.5, 0.6) is 0 Å². The third-order valence-electron chi connectivity index (χ3n) is 4.07. The molecule has 1 atom stereocenters. The number of nitrogens with zero attached hydrogens (tertiary/aromatic N) is 2. The van der Waals surface area contributed by atoms with E-state index in [1.807, 2.05) is 0 Å². The molecule has 1 aliphatic carbocycles. The summed E-state index contributed by atoms with van der Waals surface area (Å²) < 4.78 is 19.1. The van der Waals surface area contributed by atoms with Crippen molar-refractivity contribution in [2.45, 2.75) is 37.6 Å². The van der Waals surface area contributed by atoms with E-state index in [1.54, 1.807) is 30.0 Å². The number of carbonyl (C=O) groups is 3. The van der Waals surface area contributed by atoms with E-state index in [2.05, 4.69) is 4.99 Å². The van der Waals surface area contributed by atoms with Crippen molar-refractivity contribution in [2.75, 3.05) is 12.4 Å². The molecule has 1 fully saturated rings. The van der Waals surface area contributed by atoms with Crippen molar-refractivity contribution < 1.29 is 23.5 Å². The molecule has 144 valence electrons. The molecule has 0 bridgehead atoms. The molecule has 2 aliphatic rings. The van der Waals surface area contributed by atoms with Crippen LogP contribution in [-0.2, 0) is 25.7 Å². The van der Waals surface area contributed by atoms with Gasteiger partial charge in [-0.3, -0.25) is 14.4 Å². The summed E-state index contributed by atoms with van der Waals surface area (Å²) in [6.07, 6.45) is 1.81. The molecule has 3 rings (SSSR count). The number of halogens is 1. The van der Waals surface area contributed by atoms with Crippen LogP contribution < -0.4 is 0 Å². The summed E-state index contributed by atoms with van der Waals surface area (Å²) in [5, 5.41) is -0.986. The lowest BCUT2D eigenvalue weighted by molar-refractivity contribution is -0.144. The van der Waals surface area contributed by atoms with Gasteiger partial charge in [-0.1, -0.05) is 41.7 Å². The molecule has 27 heavy (non-hydrogen) atoms. The second-order valence-electron chi connectivity index (χ2n) is 6.10. The number of rotatable bonds is 7. The molecule has 0 spiro atoms. The first kappa shape index (κ1) is 19.9. The van der Waals surface area contributed by atoms with Crippen LogP contribution in [0.2, 0.25) is 0 Å². The highest BCUT2D eigenvalue weighted by molar-refractivity contribution is 8.40. The fourth-order valence-electron chi connectivity index (χ4n) is 2.58. The number of thioether (sulfide) groups is 2. The van der Waals surface area contributed by atoms with E-state index in [-0.39, 0.29) is 36.7 Å². The maximum absolute atomic E-state index is 13.9. The largest absolute Gasteiger partial charge is 0.465 e. The third-order valence-corrected chi connectivity index (χ3v) is 6.37. The summed E-state index contributed by atoms with van der Waals surface area (Å²) in [7, 11) is 0. The summed E-state index contributed by atoms with van der Waals surface area (Å²) in [6, 6.07) is 6.54. The standard InChI is InChI=1S/C18H19FN2O4S2/c1-2-25-17(24)15-16(23)20-18(27-15)26-10-14(22)21(12-7-8-12)9-11-5-3-4-6-13(11)19/h3-6,12,15H,2,7-10H2,1H3/t15-/m1/s1. The Balaban J connectivity index is 1.56. The third kappa shape index (κ3) is 5.10. The second kappa shape index (κ2) is 8.88. The lowest BCUT2D eigenvalue weighted by Gasteiger charge is -2.22. The molecule has 0 N–H and O–H groups in total. The number of hydrogen-bond donors (Lipinski definition) is 0. The van der Waals surface area contributed by atoms with Gasteiger partial charge in [-0.25, -0.2) is 4.39 Å². The number of esters is 1. The molecule has 0 unspecified atom stereocenters. The van der Waals surface area contributed by atoms with Crippen molar-refractivity contribution in [3.63, 3.8) is 0 Å². The van der Waals surface area contributed by atoms with E-state index in [1.165, 1.54) is 6.07 Å². The highest BCUT2D eigenvalue weighted by atomic mass is 32.2. The molecule has 0 saturated heterocycles. The smallest absolute Gasteiger partial charge is 0.329 e. The Morgan fingerprint density at radius 2 is 2.11 bits per heavy atom. The number of ether oxygens (including phenoxy) is 1. The zero-order valence-corrected chi connectivity index (χ0v) is 16.4. The van der Waals surface area contributed by atoms with Crippen LogP contribution in [0.25, 0.3) is 0 Å². The predicted molar refractivity (Wildman–Crippen MR) is 103 cm³/mol. The Labute approximate surface area is 164 Å². The van der Waals surface area contributed by atoms with Crippen molar-refractivity contribution in [1.29, 1.82) is 0 Å². The summed E-state index contributed by atoms with van der Waals surface area (Å²) in [5.74, 6) is -1.56. The molecule has 9 heteroatoms. The molecule has 0 aromatic heterocycles. The molecule has 1 heterocycles. The molecule has 1 saturated carbocycles. The zero-order valence-electron chi connectivity index (χ0n) is 14.7. The summed E-state index contributed by atoms with van der Waals surface area (Å²) in [4.78, 5) is 41.7. The average molecular weight is 410 g/mol. The Bertz CT molecular complexity index is 782. The van der Waals surface area contributed by atoms with Crippen LogP contribution in [-0.4, -0.2) is 50.7 Å². The normalized spacial score (nSPS) is 19.0. The van der Waals surface area contributed by atoms with Gasteiger partial charge >= 0.3 is 5.97 Å². The van der Waals surface area contributed by atoms with Crippen LogP contribution in [0, 0.1) is 5.82 Å². The predicted octanol–water partition coefficient (Wildman–Crippen LogP) is 2.61. The highest BCUT2D eigenvalue weighted by Gasteiger charge is 2.37. The molecule has 1 aromatic rings. The van der Waals surface area contributed by atoms with Crippen LogP contribution in [0.15, 0.2) is 29.3 Å². The molecule has 2 amide bonds. The van der Waals surface area contributed by atoms with E-state index in [9.17, 15) is 18.8 Å². The summed E-state index contributed by atoms with van der Waals surface area (Å²) >= 11 is 2.13. The van der Waals surface area contributed by atoms with Crippen molar-refractivity contribution in [3.8, 4) is 0 Å². The van der Waals surface area contributed by atoms with E-state index in [4.69, 9.17) is 4.74 Å². The SMILES string of the molecule is CCOC(=O)[C@@H]1SC(SCC(=O)N(Cc2ccccc2F)C2CC2)=NC1=O. The number of aliphatic imine (C=N–C) groups is 1. The van der Waals surface area contributed by atoms with Crippen LogP contribution in [0.4, 0.5) is 4.39 Å². The minimum absolute atomic E-state index is 0.0829. The first-order chi connectivity index (χ1) is 13.0. The van der Waals surface area contributed by atoms with E-state index in [0.717, 1.165) is 36.4 Å². The number of carbonyl (C=O) groups excluding carboxylic acids is 3. The van der Waals surface area contributed by atoms with E-state index >= 15 is 0 Å². The van der Waals surface area contributed by atoms with Gasteiger partial charge in [-0.15, -0.1) is 0 Å². The quantitative estimate of drug-likeness (QED) is 0.508. The molecule has 6 nitrogen and oxygen atoms in total. The number of benzene rings is 1. The van der Waals surface area contributed by atoms with Crippen molar-refractivity contribution >= 4 is 45.7 Å². The van der Waals surface area contributed by atoms with Gasteiger partial charge in [-0.05, 0) is 25.8 Å². The second-order valence-corrected chi connectivity index (χ2v) is 8.42. The molecular weight excluding hydrogens is 391 g/mol. The maximum atomic E-state index is 13.9. The fraction of sp³-hybridized carbons (Fsp3) is 0.444. The van der Waals surface area contributed by atoms with Gasteiger partial charge in [-0.2, -0.15) is 4.99 Å². The lowest BCUT2D eigenvalue weighted by atomic mass is 10.2. The average Bonchev–Trinajstić information content (AvgIpc) is 3.41. The molecule has 1 aromatic carbocycles. The minimum atomic E-state index is -0.986. The Morgan fingerprint density at radius 3 is 2.78 bits per heavy atom. The lowest BCUT2D eigenvalue weighted by Crippen LogP contribution is -2.34. The number of hydrogen-bond acceptors (Lipinski definition) is 6. The fourth-order valence-corrected chi connectivity index (χ4v) is 4.55. The zero-order chi connectivity index (χ0) is 19.4. The summed E-state index contributed by atoms with van der Waals surface area (Å²) in [6.45, 7) is 2.08. The number of amides is 2. The van der Waals surface area contributed by atoms with E-state index < -0.39 is 17.1 Å². The van der Waals surface area contributed by atoms with Crippen LogP contribution in [0.1, 0.15) is 25.3 Å². The first-order valence-corrected chi connectivity index (χ1v) is 10.5. The summed E-state index contributed by atoms with van der Waals surface area (Å²) in [5.41, 5.74) is 0.480. The van der Waals surface area contributed by atoms with Gasteiger partial charge in [0, 0.05) is 18.2 Å². The van der Waals surface area contributed by atoms with Gasteiger partial charge in [0.15, 0.2) is 5.25 Å². The van der Waals surface area contributed by atoms with Crippen molar-refractivity contribution in [3.05, 3.63) is 35.6 Å². The van der Waals surface area contributed by atoms with Crippen molar-refractivity contribution in [1.82, 2.24) is 4.90 Å². The highest BCUT2D eigenvalue weighted by Crippen LogP contribution is 2.32. The Hall–Kier alpha value is -1.87. The van der Waals surface area contributed by atoms with Crippen LogP contribution in [0.3, 0.4) is 0 Å².